The maximum absolute atomic E-state index is 5.90. The maximum Gasteiger partial charge on any atom is 0.251 e. The Labute approximate surface area is 188 Å². The summed E-state index contributed by atoms with van der Waals surface area (Å²) in [6, 6.07) is 3.77. The summed E-state index contributed by atoms with van der Waals surface area (Å²) >= 11 is 0. The van der Waals surface area contributed by atoms with Gasteiger partial charge in [-0.15, -0.1) is 0 Å². The highest BCUT2D eigenvalue weighted by Gasteiger charge is 2.16. The number of anilines is 6. The van der Waals surface area contributed by atoms with Gasteiger partial charge in [-0.25, -0.2) is 0 Å². The van der Waals surface area contributed by atoms with Crippen LogP contribution < -0.4 is 32.5 Å². The number of nitrogen functional groups attached to an aromatic ring is 2. The van der Waals surface area contributed by atoms with Gasteiger partial charge < -0.3 is 30.9 Å². The van der Waals surface area contributed by atoms with Gasteiger partial charge in [-0.1, -0.05) is 0 Å². The van der Waals surface area contributed by atoms with E-state index in [1.54, 1.807) is 37.1 Å². The molecule has 0 amide bonds. The predicted molar refractivity (Wildman–Crippen MR) is 122 cm³/mol. The van der Waals surface area contributed by atoms with Crippen molar-refractivity contribution in [3.05, 3.63) is 48.3 Å². The molecule has 4 rings (SSSR count). The van der Waals surface area contributed by atoms with Gasteiger partial charge in [0.25, 0.3) is 5.95 Å². The van der Waals surface area contributed by atoms with Crippen molar-refractivity contribution in [1.29, 1.82) is 0 Å². The van der Waals surface area contributed by atoms with E-state index < -0.39 is 0 Å². The monoisotopic (exact) mass is 452 g/mol. The van der Waals surface area contributed by atoms with Crippen LogP contribution in [0.4, 0.5) is 35.7 Å². The van der Waals surface area contributed by atoms with Crippen LogP contribution in [0, 0.1) is 0 Å². The molecule has 0 aliphatic carbocycles. The normalized spacial score (nSPS) is 10.7. The topological polar surface area (TPSA) is 195 Å². The molecule has 0 spiro atoms. The number of hydrogen-bond donors (Lipinski definition) is 5. The Morgan fingerprint density at radius 3 is 2.18 bits per heavy atom. The summed E-state index contributed by atoms with van der Waals surface area (Å²) in [5.41, 5.74) is 16.9. The quantitative estimate of drug-likeness (QED) is 0.203. The molecule has 0 saturated carbocycles. The van der Waals surface area contributed by atoms with Crippen molar-refractivity contribution in [2.75, 3.05) is 52.7 Å². The van der Waals surface area contributed by atoms with Crippen LogP contribution >= 0.6 is 0 Å². The lowest BCUT2D eigenvalue weighted by molar-refractivity contribution is 0.563. The Kier molecular flexibility index (Phi) is 6.63. The van der Waals surface area contributed by atoms with Crippen molar-refractivity contribution in [2.24, 2.45) is 0 Å². The summed E-state index contributed by atoms with van der Waals surface area (Å²) in [6.45, 7) is 1.03. The molecule has 4 aromatic heterocycles. The minimum Gasteiger partial charge on any atom is -0.472 e. The van der Waals surface area contributed by atoms with Gasteiger partial charge in [0.2, 0.25) is 29.7 Å². The van der Waals surface area contributed by atoms with Gasteiger partial charge in [-0.3, -0.25) is 10.4 Å². The van der Waals surface area contributed by atoms with Crippen LogP contribution in [0.5, 0.6) is 0 Å². The maximum atomic E-state index is 5.90. The second kappa shape index (κ2) is 10.1. The van der Waals surface area contributed by atoms with E-state index in [9.17, 15) is 0 Å². The van der Waals surface area contributed by atoms with Crippen LogP contribution in [0.3, 0.4) is 0 Å². The lowest BCUT2D eigenvalue weighted by Crippen LogP contribution is -2.35. The third-order valence-electron chi connectivity index (χ3n) is 4.47. The zero-order valence-electron chi connectivity index (χ0n) is 17.9. The fraction of sp³-hybridized carbons (Fsp3) is 0.263. The van der Waals surface area contributed by atoms with Crippen LogP contribution in [0.15, 0.2) is 46.0 Å². The van der Waals surface area contributed by atoms with Gasteiger partial charge in [0.15, 0.2) is 0 Å². The smallest absolute Gasteiger partial charge is 0.251 e. The fourth-order valence-corrected chi connectivity index (χ4v) is 2.89. The van der Waals surface area contributed by atoms with Crippen LogP contribution in [-0.2, 0) is 12.8 Å². The number of hydrogen-bond acceptors (Lipinski definition) is 14. The zero-order valence-corrected chi connectivity index (χ0v) is 17.9. The molecule has 0 saturated heterocycles. The highest BCUT2D eigenvalue weighted by atomic mass is 16.3. The van der Waals surface area contributed by atoms with Crippen LogP contribution in [0.1, 0.15) is 11.1 Å². The Hall–Kier alpha value is -4.62. The first-order valence-corrected chi connectivity index (χ1v) is 10.1. The first-order valence-electron chi connectivity index (χ1n) is 10.1. The molecule has 0 radical (unpaired) electrons. The van der Waals surface area contributed by atoms with E-state index in [-0.39, 0.29) is 23.8 Å². The molecule has 0 unspecified atom stereocenters. The third-order valence-corrected chi connectivity index (χ3v) is 4.47. The van der Waals surface area contributed by atoms with E-state index in [1.165, 1.54) is 0 Å². The summed E-state index contributed by atoms with van der Waals surface area (Å²) in [7, 11) is 1.69. The number of furan rings is 2. The number of nitrogens with zero attached hydrogens (tertiary/aromatic N) is 7. The largest absolute Gasteiger partial charge is 0.472 e. The Morgan fingerprint density at radius 1 is 0.818 bits per heavy atom. The summed E-state index contributed by atoms with van der Waals surface area (Å²) in [6.07, 6.45) is 7.96. The van der Waals surface area contributed by atoms with Gasteiger partial charge in [-0.05, 0) is 36.1 Å². The minimum absolute atomic E-state index is 0.0548. The average Bonchev–Trinajstić information content (AvgIpc) is 3.50. The van der Waals surface area contributed by atoms with E-state index in [4.69, 9.17) is 20.3 Å². The predicted octanol–water partition coefficient (Wildman–Crippen LogP) is 1.18. The Morgan fingerprint density at radius 2 is 1.48 bits per heavy atom. The van der Waals surface area contributed by atoms with E-state index in [0.717, 1.165) is 17.5 Å². The molecule has 4 aromatic rings. The molecule has 0 aliphatic rings. The fourth-order valence-electron chi connectivity index (χ4n) is 2.89. The molecule has 172 valence electrons. The summed E-state index contributed by atoms with van der Waals surface area (Å²) in [5, 5.41) is 7.64. The molecule has 14 nitrogen and oxygen atoms in total. The molecule has 4 heterocycles. The zero-order chi connectivity index (χ0) is 23.0. The molecule has 7 N–H and O–H groups in total. The standard InChI is InChI=1S/C19H24N12O2/c1-22-16-24-15(21)27-19(29-16)31(7-3-13-5-9-33-11-13)30-18-26-14(20)25-17(28-18)23-6-2-12-4-8-32-10-12/h4-5,8-11H,2-3,6-7H2,1H3,(H3,21,22,24,27,29)(H4,20,23,25,26,28,30). The summed E-state index contributed by atoms with van der Waals surface area (Å²) in [5.74, 6) is 1.27. The van der Waals surface area contributed by atoms with E-state index in [0.29, 0.717) is 31.4 Å². The van der Waals surface area contributed by atoms with Gasteiger partial charge in [0, 0.05) is 20.1 Å². The van der Waals surface area contributed by atoms with Crippen molar-refractivity contribution < 1.29 is 8.83 Å². The van der Waals surface area contributed by atoms with Crippen molar-refractivity contribution in [3.63, 3.8) is 0 Å². The molecule has 14 heteroatoms. The first-order chi connectivity index (χ1) is 16.1. The van der Waals surface area contributed by atoms with Gasteiger partial charge in [-0.2, -0.15) is 29.9 Å². The van der Waals surface area contributed by atoms with Gasteiger partial charge in [0.05, 0.1) is 25.1 Å². The summed E-state index contributed by atoms with van der Waals surface area (Å²) < 4.78 is 10.2. The number of aromatic nitrogens is 6. The first kappa shape index (κ1) is 21.6. The highest BCUT2D eigenvalue weighted by Crippen LogP contribution is 2.16. The molecular weight excluding hydrogens is 428 g/mol. The van der Waals surface area contributed by atoms with E-state index in [2.05, 4.69) is 46.0 Å². The van der Waals surface area contributed by atoms with Crippen molar-refractivity contribution in [2.45, 2.75) is 12.8 Å². The van der Waals surface area contributed by atoms with Crippen LogP contribution in [0.25, 0.3) is 0 Å². The van der Waals surface area contributed by atoms with Crippen LogP contribution in [-0.4, -0.2) is 50.0 Å². The van der Waals surface area contributed by atoms with Gasteiger partial charge in [0.1, 0.15) is 0 Å². The van der Waals surface area contributed by atoms with E-state index in [1.807, 2.05) is 12.1 Å². The minimum atomic E-state index is 0.0548. The number of hydrazine groups is 1. The molecule has 0 aromatic carbocycles. The van der Waals surface area contributed by atoms with E-state index >= 15 is 0 Å². The second-order valence-corrected chi connectivity index (χ2v) is 6.86. The summed E-state index contributed by atoms with van der Waals surface area (Å²) in [4.78, 5) is 25.4. The molecular formula is C19H24N12O2. The Balaban J connectivity index is 1.51. The average molecular weight is 452 g/mol. The third kappa shape index (κ3) is 5.96. The number of nitrogens with two attached hydrogens (primary N) is 2. The van der Waals surface area contributed by atoms with Crippen molar-refractivity contribution in [3.8, 4) is 0 Å². The molecule has 0 fully saturated rings. The second-order valence-electron chi connectivity index (χ2n) is 6.86. The molecule has 0 aliphatic heterocycles. The SMILES string of the molecule is CNc1nc(N)nc(N(CCc2ccoc2)Nc2nc(N)nc(NCCc3ccoc3)n2)n1. The molecule has 0 bridgehead atoms. The Bertz CT molecular complexity index is 1150. The lowest BCUT2D eigenvalue weighted by Gasteiger charge is -2.23. The number of nitrogens with one attached hydrogen (secondary N) is 3. The lowest BCUT2D eigenvalue weighted by atomic mass is 10.2. The van der Waals surface area contributed by atoms with Gasteiger partial charge >= 0.3 is 0 Å². The van der Waals surface area contributed by atoms with Crippen molar-refractivity contribution >= 4 is 35.7 Å². The molecule has 33 heavy (non-hydrogen) atoms. The highest BCUT2D eigenvalue weighted by molar-refractivity contribution is 5.48. The number of rotatable bonds is 11. The molecule has 0 atom stereocenters. The van der Waals surface area contributed by atoms with Crippen LogP contribution in [0.2, 0.25) is 0 Å². The van der Waals surface area contributed by atoms with Crippen molar-refractivity contribution in [1.82, 2.24) is 29.9 Å².